The second kappa shape index (κ2) is 11.6. The Morgan fingerprint density at radius 3 is 2.30 bits per heavy atom. The lowest BCUT2D eigenvalue weighted by atomic mass is 9.71. The number of rotatable bonds is 7. The molecular weight excluding hydrogens is 578 g/mol. The molecule has 2 aliphatic carbocycles. The second-order valence-corrected chi connectivity index (χ2v) is 11.4. The van der Waals surface area contributed by atoms with Gasteiger partial charge >= 0.3 is 5.97 Å². The van der Waals surface area contributed by atoms with Crippen LogP contribution in [0.15, 0.2) is 57.3 Å². The van der Waals surface area contributed by atoms with E-state index in [4.69, 9.17) is 18.9 Å². The Balaban J connectivity index is 1.58. The van der Waals surface area contributed by atoms with Crippen LogP contribution in [0.5, 0.6) is 23.0 Å². The zero-order valence-electron chi connectivity index (χ0n) is 23.1. The van der Waals surface area contributed by atoms with Crippen molar-refractivity contribution in [1.29, 1.82) is 0 Å². The van der Waals surface area contributed by atoms with Crippen LogP contribution in [0.4, 0.5) is 0 Å². The molecule has 5 rings (SSSR count). The summed E-state index contributed by atoms with van der Waals surface area (Å²) in [6.07, 6.45) is 4.47. The largest absolute Gasteiger partial charge is 0.503 e. The maximum absolute atomic E-state index is 14.0. The monoisotopic (exact) mass is 611 g/mol. The molecule has 1 aliphatic heterocycles. The number of nitrogens with one attached hydrogen (secondary N) is 1. The van der Waals surface area contributed by atoms with Gasteiger partial charge in [-0.3, -0.25) is 4.79 Å². The molecule has 3 aliphatic rings. The number of Topliss-reactive ketones (excluding diaryl/α,β-unsaturated/α-hetero) is 1. The predicted octanol–water partition coefficient (Wildman–Crippen LogP) is 6.03. The summed E-state index contributed by atoms with van der Waals surface area (Å²) in [5.74, 6) is 0.198. The van der Waals surface area contributed by atoms with Gasteiger partial charge in [-0.25, -0.2) is 4.79 Å². The highest BCUT2D eigenvalue weighted by atomic mass is 79.9. The van der Waals surface area contributed by atoms with Crippen molar-refractivity contribution in [3.8, 4) is 23.0 Å². The highest BCUT2D eigenvalue weighted by molar-refractivity contribution is 9.10. The molecule has 40 heavy (non-hydrogen) atoms. The summed E-state index contributed by atoms with van der Waals surface area (Å²) in [7, 11) is 4.64. The van der Waals surface area contributed by atoms with E-state index >= 15 is 0 Å². The lowest BCUT2D eigenvalue weighted by Gasteiger charge is -2.37. The van der Waals surface area contributed by atoms with Crippen molar-refractivity contribution in [2.24, 2.45) is 0 Å². The van der Waals surface area contributed by atoms with E-state index in [0.717, 1.165) is 36.9 Å². The minimum atomic E-state index is -0.671. The van der Waals surface area contributed by atoms with Gasteiger partial charge in [0.15, 0.2) is 28.8 Å². The molecule has 0 radical (unpaired) electrons. The summed E-state index contributed by atoms with van der Waals surface area (Å²) in [6.45, 7) is 1.85. The molecule has 0 amide bonds. The van der Waals surface area contributed by atoms with E-state index in [-0.39, 0.29) is 35.7 Å². The molecular formula is C31H34BrNO7. The molecule has 2 aromatic rings. The number of carbonyl (C=O) groups is 2. The van der Waals surface area contributed by atoms with Crippen LogP contribution in [-0.2, 0) is 14.3 Å². The van der Waals surface area contributed by atoms with Crippen molar-refractivity contribution in [2.75, 3.05) is 21.3 Å². The highest BCUT2D eigenvalue weighted by Crippen LogP contribution is 2.49. The third-order valence-corrected chi connectivity index (χ3v) is 8.71. The zero-order valence-corrected chi connectivity index (χ0v) is 24.7. The summed E-state index contributed by atoms with van der Waals surface area (Å²) >= 11 is 3.42. The Morgan fingerprint density at radius 2 is 1.62 bits per heavy atom. The van der Waals surface area contributed by atoms with Crippen LogP contribution >= 0.6 is 15.9 Å². The van der Waals surface area contributed by atoms with Crippen LogP contribution in [0.25, 0.3) is 0 Å². The summed E-state index contributed by atoms with van der Waals surface area (Å²) < 4.78 is 22.7. The summed E-state index contributed by atoms with van der Waals surface area (Å²) in [5.41, 5.74) is 4.00. The van der Waals surface area contributed by atoms with Gasteiger partial charge in [0.05, 0.1) is 31.4 Å². The molecule has 0 saturated heterocycles. The highest BCUT2D eigenvalue weighted by Gasteiger charge is 2.42. The van der Waals surface area contributed by atoms with Crippen LogP contribution in [0.2, 0.25) is 0 Å². The van der Waals surface area contributed by atoms with E-state index < -0.39 is 11.9 Å². The molecule has 1 heterocycles. The molecule has 0 unspecified atom stereocenters. The number of phenols is 1. The van der Waals surface area contributed by atoms with Crippen LogP contribution < -0.4 is 19.5 Å². The number of aromatic hydroxyl groups is 1. The Morgan fingerprint density at radius 1 is 0.950 bits per heavy atom. The van der Waals surface area contributed by atoms with Gasteiger partial charge in [-0.05, 0) is 96.3 Å². The van der Waals surface area contributed by atoms with Crippen LogP contribution in [0.1, 0.15) is 68.4 Å². The Bertz CT molecular complexity index is 1410. The van der Waals surface area contributed by atoms with E-state index in [0.29, 0.717) is 44.8 Å². The van der Waals surface area contributed by atoms with Crippen molar-refractivity contribution in [3.05, 3.63) is 68.5 Å². The third kappa shape index (κ3) is 5.19. The number of ketones is 1. The van der Waals surface area contributed by atoms with Crippen molar-refractivity contribution in [3.63, 3.8) is 0 Å². The molecule has 2 N–H and O–H groups in total. The normalized spacial score (nSPS) is 21.2. The molecule has 0 bridgehead atoms. The molecule has 9 heteroatoms. The number of methoxy groups -OCH3 is 3. The average molecular weight is 613 g/mol. The van der Waals surface area contributed by atoms with Crippen molar-refractivity contribution in [2.45, 2.75) is 63.4 Å². The molecule has 1 fully saturated rings. The van der Waals surface area contributed by atoms with E-state index in [1.165, 1.54) is 7.11 Å². The van der Waals surface area contributed by atoms with Gasteiger partial charge < -0.3 is 29.4 Å². The first-order chi connectivity index (χ1) is 19.2. The fourth-order valence-corrected chi connectivity index (χ4v) is 6.58. The third-order valence-electron chi connectivity index (χ3n) is 8.11. The van der Waals surface area contributed by atoms with Gasteiger partial charge in [-0.15, -0.1) is 0 Å². The number of hydrogen-bond donors (Lipinski definition) is 2. The number of allylic oxidation sites excluding steroid dienone is 3. The molecule has 1 saturated carbocycles. The number of carbonyl (C=O) groups excluding carboxylic acids is 2. The number of hydrogen-bond acceptors (Lipinski definition) is 8. The number of ether oxygens (including phenoxy) is 4. The predicted molar refractivity (Wildman–Crippen MR) is 153 cm³/mol. The van der Waals surface area contributed by atoms with Crippen LogP contribution in [0.3, 0.4) is 0 Å². The quantitative estimate of drug-likeness (QED) is 0.366. The molecule has 0 aromatic heterocycles. The lowest BCUT2D eigenvalue weighted by Crippen LogP contribution is -2.36. The van der Waals surface area contributed by atoms with Gasteiger partial charge in [-0.1, -0.05) is 6.07 Å². The molecule has 0 spiro atoms. The Hall–Kier alpha value is -3.46. The van der Waals surface area contributed by atoms with Gasteiger partial charge in [0.25, 0.3) is 0 Å². The molecule has 212 valence electrons. The standard InChI is InChI=1S/C31H34BrNO7/c1-16-27(31(36)40-20-7-5-6-8-20)28(19-11-21(32)30(35)26(15-19)39-4)29-22(33-16)12-18(13-23(29)34)17-9-10-24(37-2)25(14-17)38-3/h9-11,14-15,18,20,28,33,35H,5-8,12-13H2,1-4H3/t18-,28+/m0/s1. The Labute approximate surface area is 242 Å². The molecule has 2 aromatic carbocycles. The fourth-order valence-electron chi connectivity index (χ4n) is 6.12. The van der Waals surface area contributed by atoms with E-state index in [1.807, 2.05) is 25.1 Å². The summed E-state index contributed by atoms with van der Waals surface area (Å²) in [4.78, 5) is 27.7. The minimum Gasteiger partial charge on any atom is -0.503 e. The van der Waals surface area contributed by atoms with Crippen molar-refractivity contribution < 1.29 is 33.6 Å². The average Bonchev–Trinajstić information content (AvgIpc) is 3.46. The number of dihydropyridines is 1. The zero-order chi connectivity index (χ0) is 28.6. The smallest absolute Gasteiger partial charge is 0.337 e. The van der Waals surface area contributed by atoms with Gasteiger partial charge in [0.2, 0.25) is 0 Å². The SMILES string of the molecule is COc1ccc([C@@H]2CC(=O)C3=C(C2)NC(C)=C(C(=O)OC2CCCC2)[C@H]3c2cc(Br)c(O)c(OC)c2)cc1OC. The van der Waals surface area contributed by atoms with Gasteiger partial charge in [0.1, 0.15) is 6.10 Å². The number of esters is 1. The van der Waals surface area contributed by atoms with E-state index in [1.54, 1.807) is 26.4 Å². The first kappa shape index (κ1) is 28.1. The van der Waals surface area contributed by atoms with Gasteiger partial charge in [0, 0.05) is 29.3 Å². The van der Waals surface area contributed by atoms with Crippen molar-refractivity contribution in [1.82, 2.24) is 5.32 Å². The summed E-state index contributed by atoms with van der Waals surface area (Å²) in [5, 5.41) is 13.9. The molecule has 2 atom stereocenters. The van der Waals surface area contributed by atoms with E-state index in [2.05, 4.69) is 21.2 Å². The van der Waals surface area contributed by atoms with Crippen LogP contribution in [-0.4, -0.2) is 44.3 Å². The summed E-state index contributed by atoms with van der Waals surface area (Å²) in [6, 6.07) is 9.15. The maximum Gasteiger partial charge on any atom is 0.337 e. The maximum atomic E-state index is 14.0. The Kier molecular flexibility index (Phi) is 8.12. The minimum absolute atomic E-state index is 0.0475. The van der Waals surface area contributed by atoms with Crippen LogP contribution in [0, 0.1) is 0 Å². The first-order valence-electron chi connectivity index (χ1n) is 13.5. The van der Waals surface area contributed by atoms with E-state index in [9.17, 15) is 14.7 Å². The number of phenolic OH excluding ortho intramolecular Hbond substituents is 1. The topological polar surface area (TPSA) is 103 Å². The first-order valence-corrected chi connectivity index (χ1v) is 14.3. The fraction of sp³-hybridized carbons (Fsp3) is 0.419. The van der Waals surface area contributed by atoms with Crippen molar-refractivity contribution >= 4 is 27.7 Å². The second-order valence-electron chi connectivity index (χ2n) is 10.5. The van der Waals surface area contributed by atoms with Gasteiger partial charge in [-0.2, -0.15) is 0 Å². The number of benzene rings is 2. The lowest BCUT2D eigenvalue weighted by molar-refractivity contribution is -0.144. The molecule has 8 nitrogen and oxygen atoms in total. The number of halogens is 1.